The molecule has 1 aliphatic heterocycles. The molecule has 0 amide bonds. The minimum absolute atomic E-state index is 0.714. The molecule has 17 heavy (non-hydrogen) atoms. The lowest BCUT2D eigenvalue weighted by atomic mass is 9.86. The van der Waals surface area contributed by atoms with Crippen LogP contribution in [0.5, 0.6) is 0 Å². The van der Waals surface area contributed by atoms with Gasteiger partial charge < -0.3 is 4.90 Å². The van der Waals surface area contributed by atoms with E-state index >= 15 is 0 Å². The first kappa shape index (κ1) is 13.1. The van der Waals surface area contributed by atoms with Crippen molar-refractivity contribution in [2.45, 2.75) is 33.6 Å². The van der Waals surface area contributed by atoms with Gasteiger partial charge >= 0.3 is 0 Å². The Bertz CT molecular complexity index is 332. The number of rotatable bonds is 2. The molecule has 0 aromatic carbocycles. The van der Waals surface area contributed by atoms with Crippen LogP contribution in [0.25, 0.3) is 0 Å². The summed E-state index contributed by atoms with van der Waals surface area (Å²) < 4.78 is 0. The molecule has 0 N–H and O–H groups in total. The highest BCUT2D eigenvalue weighted by Crippen LogP contribution is 2.31. The second-order valence-corrected chi connectivity index (χ2v) is 6.17. The summed E-state index contributed by atoms with van der Waals surface area (Å²) >= 11 is 4.46. The van der Waals surface area contributed by atoms with E-state index in [1.165, 1.54) is 37.2 Å². The first-order valence-electron chi connectivity index (χ1n) is 6.86. The summed E-state index contributed by atoms with van der Waals surface area (Å²) in [5, 5.41) is 0. The van der Waals surface area contributed by atoms with Crippen molar-refractivity contribution in [3.8, 4) is 0 Å². The predicted molar refractivity (Wildman–Crippen MR) is 78.3 cm³/mol. The van der Waals surface area contributed by atoms with Crippen molar-refractivity contribution >= 4 is 12.6 Å². The molecule has 3 atom stereocenters. The predicted octanol–water partition coefficient (Wildman–Crippen LogP) is 3.74. The average molecular weight is 251 g/mol. The molecule has 0 aromatic rings. The van der Waals surface area contributed by atoms with E-state index in [1.54, 1.807) is 0 Å². The normalized spacial score (nSPS) is 34.4. The van der Waals surface area contributed by atoms with Crippen LogP contribution in [-0.2, 0) is 0 Å². The maximum atomic E-state index is 4.46. The quantitative estimate of drug-likeness (QED) is 0.732. The summed E-state index contributed by atoms with van der Waals surface area (Å²) in [6.45, 7) is 9.35. The van der Waals surface area contributed by atoms with Crippen molar-refractivity contribution in [1.29, 1.82) is 0 Å². The number of allylic oxidation sites excluding steroid dienone is 3. The topological polar surface area (TPSA) is 3.24 Å². The molecule has 3 unspecified atom stereocenters. The van der Waals surface area contributed by atoms with Crippen LogP contribution >= 0.6 is 12.6 Å². The molecule has 1 fully saturated rings. The highest BCUT2D eigenvalue weighted by molar-refractivity contribution is 7.80. The number of piperidine rings is 1. The maximum Gasteiger partial charge on any atom is 0.0352 e. The van der Waals surface area contributed by atoms with E-state index in [1.807, 2.05) is 0 Å². The monoisotopic (exact) mass is 251 g/mol. The van der Waals surface area contributed by atoms with Crippen molar-refractivity contribution < 1.29 is 0 Å². The summed E-state index contributed by atoms with van der Waals surface area (Å²) in [7, 11) is 0. The molecule has 1 heterocycles. The van der Waals surface area contributed by atoms with Gasteiger partial charge in [-0.3, -0.25) is 0 Å². The van der Waals surface area contributed by atoms with Crippen LogP contribution in [0.3, 0.4) is 0 Å². The van der Waals surface area contributed by atoms with E-state index in [4.69, 9.17) is 0 Å². The summed E-state index contributed by atoms with van der Waals surface area (Å²) in [5.41, 5.74) is 2.97. The van der Waals surface area contributed by atoms with E-state index in [9.17, 15) is 0 Å². The van der Waals surface area contributed by atoms with E-state index in [0.29, 0.717) is 5.92 Å². The van der Waals surface area contributed by atoms with Crippen molar-refractivity contribution in [1.82, 2.24) is 4.90 Å². The van der Waals surface area contributed by atoms with Crippen molar-refractivity contribution in [2.24, 2.45) is 17.8 Å². The zero-order chi connectivity index (χ0) is 12.4. The van der Waals surface area contributed by atoms with Crippen LogP contribution in [0, 0.1) is 17.8 Å². The number of hydrogen-bond donors (Lipinski definition) is 1. The van der Waals surface area contributed by atoms with Gasteiger partial charge in [0.2, 0.25) is 0 Å². The molecule has 1 saturated heterocycles. The number of likely N-dealkylation sites (tertiary alicyclic amines) is 1. The largest absolute Gasteiger partial charge is 0.371 e. The zero-order valence-electron chi connectivity index (χ0n) is 11.3. The number of thiol groups is 1. The van der Waals surface area contributed by atoms with E-state index in [0.717, 1.165) is 17.6 Å². The van der Waals surface area contributed by atoms with Gasteiger partial charge in [-0.2, -0.15) is 12.6 Å². The van der Waals surface area contributed by atoms with Crippen LogP contribution in [0.1, 0.15) is 33.6 Å². The minimum atomic E-state index is 0.714. The molecule has 1 aliphatic carbocycles. The third-order valence-corrected chi connectivity index (χ3v) is 4.75. The Morgan fingerprint density at radius 2 is 2.18 bits per heavy atom. The van der Waals surface area contributed by atoms with Gasteiger partial charge in [0.15, 0.2) is 0 Å². The third-order valence-electron chi connectivity index (χ3n) is 4.28. The van der Waals surface area contributed by atoms with E-state index in [2.05, 4.69) is 50.5 Å². The fourth-order valence-electron chi connectivity index (χ4n) is 3.10. The first-order chi connectivity index (χ1) is 8.11. The van der Waals surface area contributed by atoms with Crippen LogP contribution < -0.4 is 0 Å². The van der Waals surface area contributed by atoms with Crippen LogP contribution in [0.15, 0.2) is 23.4 Å². The Hall–Kier alpha value is -0.370. The van der Waals surface area contributed by atoms with Crippen LogP contribution in [0.2, 0.25) is 0 Å². The summed E-state index contributed by atoms with van der Waals surface area (Å²) in [5.74, 6) is 3.34. The molecular weight excluding hydrogens is 226 g/mol. The maximum absolute atomic E-state index is 4.46. The standard InChI is InChI=1S/C15H25NS/c1-11-4-5-15(12(2)8-11)16-7-6-14(10-17)13(3)9-16/h5,8,11,13-14,17H,4,6-7,9-10H2,1-3H3. The second-order valence-electron chi connectivity index (χ2n) is 5.81. The van der Waals surface area contributed by atoms with Gasteiger partial charge in [-0.25, -0.2) is 0 Å². The molecule has 0 spiro atoms. The smallest absolute Gasteiger partial charge is 0.0352 e. The van der Waals surface area contributed by atoms with E-state index in [-0.39, 0.29) is 0 Å². The lowest BCUT2D eigenvalue weighted by molar-refractivity contribution is 0.176. The Morgan fingerprint density at radius 1 is 1.41 bits per heavy atom. The Kier molecular flexibility index (Phi) is 4.24. The van der Waals surface area contributed by atoms with Crippen molar-refractivity contribution in [3.63, 3.8) is 0 Å². The summed E-state index contributed by atoms with van der Waals surface area (Å²) in [6, 6.07) is 0. The molecule has 0 bridgehead atoms. The van der Waals surface area contributed by atoms with E-state index < -0.39 is 0 Å². The molecule has 2 aliphatic rings. The van der Waals surface area contributed by atoms with Crippen molar-refractivity contribution in [2.75, 3.05) is 18.8 Å². The average Bonchev–Trinajstić information content (AvgIpc) is 2.29. The van der Waals surface area contributed by atoms with Gasteiger partial charge in [0.05, 0.1) is 0 Å². The fourth-order valence-corrected chi connectivity index (χ4v) is 3.64. The molecule has 1 nitrogen and oxygen atoms in total. The minimum Gasteiger partial charge on any atom is -0.371 e. The number of nitrogens with zero attached hydrogens (tertiary/aromatic N) is 1. The van der Waals surface area contributed by atoms with Crippen LogP contribution in [0.4, 0.5) is 0 Å². The van der Waals surface area contributed by atoms with Gasteiger partial charge in [0.25, 0.3) is 0 Å². The summed E-state index contributed by atoms with van der Waals surface area (Å²) in [6.07, 6.45) is 7.36. The lowest BCUT2D eigenvalue weighted by Crippen LogP contribution is -2.40. The van der Waals surface area contributed by atoms with Gasteiger partial charge in [0, 0.05) is 18.8 Å². The summed E-state index contributed by atoms with van der Waals surface area (Å²) in [4.78, 5) is 2.59. The number of hydrogen-bond acceptors (Lipinski definition) is 2. The van der Waals surface area contributed by atoms with Crippen molar-refractivity contribution in [3.05, 3.63) is 23.4 Å². The fraction of sp³-hybridized carbons (Fsp3) is 0.733. The lowest BCUT2D eigenvalue weighted by Gasteiger charge is -2.40. The molecule has 0 radical (unpaired) electrons. The van der Waals surface area contributed by atoms with Gasteiger partial charge in [-0.15, -0.1) is 0 Å². The molecule has 96 valence electrons. The van der Waals surface area contributed by atoms with Gasteiger partial charge in [0.1, 0.15) is 0 Å². The highest BCUT2D eigenvalue weighted by Gasteiger charge is 2.27. The Morgan fingerprint density at radius 3 is 2.76 bits per heavy atom. The van der Waals surface area contributed by atoms with Gasteiger partial charge in [-0.1, -0.05) is 26.0 Å². The van der Waals surface area contributed by atoms with Gasteiger partial charge in [-0.05, 0) is 48.8 Å². The SMILES string of the molecule is CC1=CC(C)CC=C1N1CCC(CS)C(C)C1. The molecular formula is C15H25NS. The highest BCUT2D eigenvalue weighted by atomic mass is 32.1. The zero-order valence-corrected chi connectivity index (χ0v) is 12.2. The third kappa shape index (κ3) is 2.90. The Balaban J connectivity index is 2.03. The molecule has 0 saturated carbocycles. The Labute approximate surface area is 111 Å². The van der Waals surface area contributed by atoms with Crippen LogP contribution in [-0.4, -0.2) is 23.7 Å². The molecule has 2 rings (SSSR count). The molecule has 0 aromatic heterocycles. The second kappa shape index (κ2) is 5.51. The molecule has 2 heteroatoms. The first-order valence-corrected chi connectivity index (χ1v) is 7.49.